The maximum atomic E-state index is 11.6. The lowest BCUT2D eigenvalue weighted by molar-refractivity contribution is -0.118. The summed E-state index contributed by atoms with van der Waals surface area (Å²) in [5.74, 6) is -0.633. The van der Waals surface area contributed by atoms with Gasteiger partial charge in [0.25, 0.3) is 5.56 Å². The van der Waals surface area contributed by atoms with E-state index < -0.39 is 11.5 Å². The molecule has 1 amide bonds. The molecule has 1 aromatic carbocycles. The average molecular weight is 264 g/mol. The zero-order valence-electron chi connectivity index (χ0n) is 9.34. The van der Waals surface area contributed by atoms with Crippen molar-refractivity contribution in [2.75, 3.05) is 0 Å². The molecular formula is C12H10ClN3O2. The number of benzene rings is 1. The molecule has 1 heterocycles. The first kappa shape index (κ1) is 12.3. The van der Waals surface area contributed by atoms with Crippen molar-refractivity contribution in [1.82, 2.24) is 9.78 Å². The summed E-state index contributed by atoms with van der Waals surface area (Å²) in [5.41, 5.74) is 5.80. The average Bonchev–Trinajstić information content (AvgIpc) is 2.33. The van der Waals surface area contributed by atoms with Gasteiger partial charge in [-0.1, -0.05) is 41.9 Å². The fourth-order valence-electron chi connectivity index (χ4n) is 1.52. The summed E-state index contributed by atoms with van der Waals surface area (Å²) in [5, 5.41) is 4.30. The van der Waals surface area contributed by atoms with Gasteiger partial charge >= 0.3 is 0 Å². The van der Waals surface area contributed by atoms with Crippen LogP contribution in [0.3, 0.4) is 0 Å². The monoisotopic (exact) mass is 263 g/mol. The number of rotatable bonds is 3. The molecule has 0 aliphatic heterocycles. The smallest absolute Gasteiger partial charge is 0.268 e. The zero-order chi connectivity index (χ0) is 13.1. The molecule has 5 nitrogen and oxygen atoms in total. The van der Waals surface area contributed by atoms with Crippen LogP contribution in [-0.4, -0.2) is 15.7 Å². The fourth-order valence-corrected chi connectivity index (χ4v) is 1.76. The number of nitrogens with two attached hydrogens (primary N) is 1. The van der Waals surface area contributed by atoms with Gasteiger partial charge in [0, 0.05) is 11.6 Å². The molecule has 0 saturated carbocycles. The molecule has 92 valence electrons. The molecule has 2 N–H and O–H groups in total. The first-order valence-corrected chi connectivity index (χ1v) is 5.57. The molecule has 0 unspecified atom stereocenters. The molecule has 18 heavy (non-hydrogen) atoms. The Balaban J connectivity index is 2.55. The first-order chi connectivity index (χ1) is 8.58. The maximum Gasteiger partial charge on any atom is 0.268 e. The van der Waals surface area contributed by atoms with Gasteiger partial charge in [-0.05, 0) is 0 Å². The first-order valence-electron chi connectivity index (χ1n) is 5.19. The van der Waals surface area contributed by atoms with E-state index in [1.165, 1.54) is 6.07 Å². The van der Waals surface area contributed by atoms with Crippen LogP contribution in [0.5, 0.6) is 0 Å². The van der Waals surface area contributed by atoms with E-state index >= 15 is 0 Å². The number of primary amides is 1. The Bertz CT molecular complexity index is 638. The van der Waals surface area contributed by atoms with Crippen LogP contribution in [-0.2, 0) is 11.3 Å². The summed E-state index contributed by atoms with van der Waals surface area (Å²) in [7, 11) is 0. The standard InChI is InChI=1S/C12H10ClN3O2/c13-9-6-11(18)16(7-10(14)17)15-12(9)8-4-2-1-3-5-8/h1-6H,7H2,(H2,14,17). The third-order valence-electron chi connectivity index (χ3n) is 2.30. The lowest BCUT2D eigenvalue weighted by Gasteiger charge is -2.07. The fraction of sp³-hybridized carbons (Fsp3) is 0.0833. The molecule has 2 rings (SSSR count). The van der Waals surface area contributed by atoms with Crippen molar-refractivity contribution in [3.05, 3.63) is 51.8 Å². The Labute approximate surface area is 108 Å². The molecular weight excluding hydrogens is 254 g/mol. The van der Waals surface area contributed by atoms with Crippen LogP contribution in [0.15, 0.2) is 41.2 Å². The summed E-state index contributed by atoms with van der Waals surface area (Å²) in [6.07, 6.45) is 0. The van der Waals surface area contributed by atoms with E-state index in [2.05, 4.69) is 5.10 Å². The molecule has 0 saturated heterocycles. The van der Waals surface area contributed by atoms with E-state index in [1.54, 1.807) is 0 Å². The van der Waals surface area contributed by atoms with Crippen LogP contribution in [0.4, 0.5) is 0 Å². The van der Waals surface area contributed by atoms with Gasteiger partial charge in [0.05, 0.1) is 5.02 Å². The van der Waals surface area contributed by atoms with Gasteiger partial charge in [-0.3, -0.25) is 9.59 Å². The van der Waals surface area contributed by atoms with E-state index in [1.807, 2.05) is 30.3 Å². The lowest BCUT2D eigenvalue weighted by atomic mass is 10.1. The van der Waals surface area contributed by atoms with Crippen molar-refractivity contribution in [3.8, 4) is 11.3 Å². The number of aromatic nitrogens is 2. The van der Waals surface area contributed by atoms with E-state index in [0.717, 1.165) is 10.2 Å². The largest absolute Gasteiger partial charge is 0.368 e. The number of halogens is 1. The van der Waals surface area contributed by atoms with Crippen molar-refractivity contribution >= 4 is 17.5 Å². The Kier molecular flexibility index (Phi) is 3.43. The molecule has 6 heteroatoms. The normalized spacial score (nSPS) is 10.3. The summed E-state index contributed by atoms with van der Waals surface area (Å²) >= 11 is 5.98. The minimum absolute atomic E-state index is 0.243. The molecule has 1 aromatic heterocycles. The predicted molar refractivity (Wildman–Crippen MR) is 68.1 cm³/mol. The van der Waals surface area contributed by atoms with E-state index in [4.69, 9.17) is 17.3 Å². The van der Waals surface area contributed by atoms with Crippen LogP contribution in [0.2, 0.25) is 5.02 Å². The van der Waals surface area contributed by atoms with E-state index in [0.29, 0.717) is 5.69 Å². The summed E-state index contributed by atoms with van der Waals surface area (Å²) in [4.78, 5) is 22.4. The summed E-state index contributed by atoms with van der Waals surface area (Å²) in [6, 6.07) is 10.4. The molecule has 0 radical (unpaired) electrons. The Hall–Kier alpha value is -2.14. The molecule has 2 aromatic rings. The summed E-state index contributed by atoms with van der Waals surface area (Å²) < 4.78 is 0.997. The van der Waals surface area contributed by atoms with Gasteiger partial charge in [-0.25, -0.2) is 4.68 Å². The maximum absolute atomic E-state index is 11.6. The van der Waals surface area contributed by atoms with Crippen LogP contribution in [0.1, 0.15) is 0 Å². The Morgan fingerprint density at radius 2 is 2.00 bits per heavy atom. The highest BCUT2D eigenvalue weighted by molar-refractivity contribution is 6.32. The molecule has 0 fully saturated rings. The van der Waals surface area contributed by atoms with Gasteiger partial charge in [-0.2, -0.15) is 5.10 Å². The van der Waals surface area contributed by atoms with Gasteiger partial charge < -0.3 is 5.73 Å². The van der Waals surface area contributed by atoms with Crippen LogP contribution in [0, 0.1) is 0 Å². The number of nitrogens with zero attached hydrogens (tertiary/aromatic N) is 2. The highest BCUT2D eigenvalue weighted by Gasteiger charge is 2.10. The van der Waals surface area contributed by atoms with Crippen LogP contribution in [0.25, 0.3) is 11.3 Å². The second-order valence-electron chi connectivity index (χ2n) is 3.67. The minimum Gasteiger partial charge on any atom is -0.368 e. The number of carbonyl (C=O) groups is 1. The van der Waals surface area contributed by atoms with Crippen LogP contribution >= 0.6 is 11.6 Å². The van der Waals surface area contributed by atoms with Crippen molar-refractivity contribution in [3.63, 3.8) is 0 Å². The van der Waals surface area contributed by atoms with Gasteiger partial charge in [0.15, 0.2) is 0 Å². The minimum atomic E-state index is -0.633. The highest BCUT2D eigenvalue weighted by atomic mass is 35.5. The number of amides is 1. The highest BCUT2D eigenvalue weighted by Crippen LogP contribution is 2.23. The molecule has 0 aliphatic rings. The molecule has 0 bridgehead atoms. The van der Waals surface area contributed by atoms with Crippen molar-refractivity contribution in [2.45, 2.75) is 6.54 Å². The SMILES string of the molecule is NC(=O)Cn1nc(-c2ccccc2)c(Cl)cc1=O. The lowest BCUT2D eigenvalue weighted by Crippen LogP contribution is -2.29. The topological polar surface area (TPSA) is 78.0 Å². The second kappa shape index (κ2) is 5.01. The van der Waals surface area contributed by atoms with Crippen molar-refractivity contribution in [1.29, 1.82) is 0 Å². The van der Waals surface area contributed by atoms with Gasteiger partial charge in [0.2, 0.25) is 5.91 Å². The molecule has 0 spiro atoms. The second-order valence-corrected chi connectivity index (χ2v) is 4.08. The number of carbonyl (C=O) groups excluding carboxylic acids is 1. The van der Waals surface area contributed by atoms with E-state index in [-0.39, 0.29) is 11.6 Å². The quantitative estimate of drug-likeness (QED) is 0.899. The summed E-state index contributed by atoms with van der Waals surface area (Å²) in [6.45, 7) is -0.268. The van der Waals surface area contributed by atoms with Crippen molar-refractivity contribution in [2.24, 2.45) is 5.73 Å². The number of hydrogen-bond donors (Lipinski definition) is 1. The van der Waals surface area contributed by atoms with Crippen molar-refractivity contribution < 1.29 is 4.79 Å². The van der Waals surface area contributed by atoms with E-state index in [9.17, 15) is 9.59 Å². The Morgan fingerprint density at radius 3 is 2.61 bits per heavy atom. The number of hydrogen-bond acceptors (Lipinski definition) is 3. The third-order valence-corrected chi connectivity index (χ3v) is 2.59. The Morgan fingerprint density at radius 1 is 1.33 bits per heavy atom. The third kappa shape index (κ3) is 2.57. The zero-order valence-corrected chi connectivity index (χ0v) is 10.1. The predicted octanol–water partition coefficient (Wildman–Crippen LogP) is 1.05. The van der Waals surface area contributed by atoms with Gasteiger partial charge in [-0.15, -0.1) is 0 Å². The van der Waals surface area contributed by atoms with Gasteiger partial charge in [0.1, 0.15) is 12.2 Å². The molecule has 0 atom stereocenters. The molecule has 0 aliphatic carbocycles. The van der Waals surface area contributed by atoms with Crippen LogP contribution < -0.4 is 11.3 Å².